The van der Waals surface area contributed by atoms with E-state index in [0.717, 1.165) is 131 Å². The van der Waals surface area contributed by atoms with Gasteiger partial charge in [-0.3, -0.25) is 14.4 Å². The van der Waals surface area contributed by atoms with Crippen molar-refractivity contribution in [1.29, 1.82) is 0 Å². The zero-order valence-corrected chi connectivity index (χ0v) is 57.3. The molecule has 7 aromatic heterocycles. The number of fused-ring (bicyclic) bond motifs is 4. The predicted octanol–water partition coefficient (Wildman–Crippen LogP) is 14.5. The van der Waals surface area contributed by atoms with Crippen LogP contribution >= 0.6 is 0 Å². The van der Waals surface area contributed by atoms with Gasteiger partial charge in [0, 0.05) is 52.8 Å². The molecule has 22 nitrogen and oxygen atoms in total. The van der Waals surface area contributed by atoms with Crippen LogP contribution in [0.2, 0.25) is 0 Å². The first-order valence-electron chi connectivity index (χ1n) is 34.1. The van der Waals surface area contributed by atoms with Crippen molar-refractivity contribution >= 4 is 79.2 Å². The highest BCUT2D eigenvalue weighted by Gasteiger charge is 2.28. The molecule has 0 aliphatic heterocycles. The quantitative estimate of drug-likeness (QED) is 0.0556. The van der Waals surface area contributed by atoms with E-state index in [9.17, 15) is 14.4 Å². The number of carbonyl (C=O) groups excluding carboxylic acids is 3. The molecule has 0 atom stereocenters. The third-order valence-electron chi connectivity index (χ3n) is 18.8. The Labute approximate surface area is 579 Å². The maximum atomic E-state index is 12.8. The van der Waals surface area contributed by atoms with Gasteiger partial charge in [-0.1, -0.05) is 155 Å². The first-order valence-corrected chi connectivity index (χ1v) is 34.1. The summed E-state index contributed by atoms with van der Waals surface area (Å²) in [5.74, 6) is 1.50. The normalized spacial score (nSPS) is 13.4. The fraction of sp³-hybridized carbons (Fsp3) is 0.282. The summed E-state index contributed by atoms with van der Waals surface area (Å²) in [6, 6.07) is 47.5. The maximum Gasteiger partial charge on any atom is 0.287 e. The summed E-state index contributed by atoms with van der Waals surface area (Å²) in [7, 11) is 0. The van der Waals surface area contributed by atoms with Crippen molar-refractivity contribution in [2.45, 2.75) is 143 Å². The van der Waals surface area contributed by atoms with Gasteiger partial charge in [-0.2, -0.15) is 15.3 Å². The highest BCUT2D eigenvalue weighted by atomic mass is 16.3. The number of hydrogen-bond acceptors (Lipinski definition) is 16. The summed E-state index contributed by atoms with van der Waals surface area (Å²) in [5.41, 5.74) is 34.2. The number of nitrogens with zero attached hydrogens (tertiary/aromatic N) is 12. The van der Waals surface area contributed by atoms with E-state index < -0.39 is 0 Å². The molecular weight excluding hydrogens is 1250 g/mol. The average Bonchev–Trinajstić information content (AvgIpc) is 1.62. The van der Waals surface area contributed by atoms with E-state index in [1.807, 2.05) is 154 Å². The molecule has 100 heavy (non-hydrogen) atoms. The molecule has 3 amide bonds. The fourth-order valence-electron chi connectivity index (χ4n) is 13.4. The van der Waals surface area contributed by atoms with Crippen molar-refractivity contribution in [2.24, 2.45) is 0 Å². The van der Waals surface area contributed by atoms with Gasteiger partial charge in [-0.15, -0.1) is 0 Å². The number of para-hydroxylation sites is 1. The second-order valence-corrected chi connectivity index (χ2v) is 27.1. The smallest absolute Gasteiger partial charge is 0.287 e. The Hall–Kier alpha value is -11.7. The number of aryl methyl sites for hydroxylation is 2. The Morgan fingerprint density at radius 1 is 0.500 bits per heavy atom. The second kappa shape index (κ2) is 28.8. The molecule has 2 aliphatic rings. The van der Waals surface area contributed by atoms with E-state index in [1.165, 1.54) is 44.7 Å². The number of carbonyl (C=O) groups is 3. The fourth-order valence-corrected chi connectivity index (χ4v) is 13.4. The number of furan rings is 1. The summed E-state index contributed by atoms with van der Waals surface area (Å²) in [6.07, 6.45) is 13.8. The number of hydrogen-bond donors (Lipinski definition) is 6. The van der Waals surface area contributed by atoms with Gasteiger partial charge in [0.05, 0.1) is 33.8 Å². The first kappa shape index (κ1) is 66.9. The van der Waals surface area contributed by atoms with Crippen LogP contribution in [0.3, 0.4) is 0 Å². The molecule has 0 radical (unpaired) electrons. The number of nitrogens with one attached hydrogen (secondary N) is 3. The lowest BCUT2D eigenvalue weighted by atomic mass is 9.97. The van der Waals surface area contributed by atoms with Crippen LogP contribution in [0.4, 0.5) is 17.5 Å². The topological polar surface area (TPSA) is 309 Å². The molecule has 9 N–H and O–H groups in total. The van der Waals surface area contributed by atoms with Crippen LogP contribution in [0, 0.1) is 13.8 Å². The summed E-state index contributed by atoms with van der Waals surface area (Å²) < 4.78 is 11.6. The van der Waals surface area contributed by atoms with Crippen LogP contribution in [0.25, 0.3) is 77.8 Å². The summed E-state index contributed by atoms with van der Waals surface area (Å²) in [6.45, 7) is 15.7. The molecule has 15 rings (SSSR count). The number of amides is 3. The Morgan fingerprint density at radius 3 is 1.50 bits per heavy atom. The van der Waals surface area contributed by atoms with E-state index in [1.54, 1.807) is 6.07 Å². The monoisotopic (exact) mass is 1330 g/mol. The van der Waals surface area contributed by atoms with E-state index in [4.69, 9.17) is 36.9 Å². The van der Waals surface area contributed by atoms with Crippen molar-refractivity contribution < 1.29 is 18.8 Å². The number of rotatable bonds is 15. The number of nitrogens with two attached hydrogens (primary N) is 3. The Balaban J connectivity index is 0.000000134. The number of nitrogen functional groups attached to an aromatic ring is 3. The first-order chi connectivity index (χ1) is 48.4. The third-order valence-corrected chi connectivity index (χ3v) is 18.8. The zero-order valence-electron chi connectivity index (χ0n) is 57.3. The lowest BCUT2D eigenvalue weighted by Crippen LogP contribution is -2.24. The van der Waals surface area contributed by atoms with Gasteiger partial charge >= 0.3 is 0 Å². The lowest BCUT2D eigenvalue weighted by molar-refractivity contribution is 0.0922. The zero-order chi connectivity index (χ0) is 69.8. The molecule has 13 aromatic rings. The largest absolute Gasteiger partial charge is 0.451 e. The number of aromatic nitrogens is 12. The van der Waals surface area contributed by atoms with Crippen molar-refractivity contribution in [3.63, 3.8) is 0 Å². The van der Waals surface area contributed by atoms with E-state index in [2.05, 4.69) is 93.5 Å². The lowest BCUT2D eigenvalue weighted by Gasteiger charge is -2.19. The average molecular weight is 1340 g/mol. The summed E-state index contributed by atoms with van der Waals surface area (Å²) in [5, 5.41) is 27.0. The van der Waals surface area contributed by atoms with Crippen LogP contribution in [0.5, 0.6) is 0 Å². The maximum absolute atomic E-state index is 12.8. The molecule has 0 saturated heterocycles. The Bertz CT molecular complexity index is 5110. The van der Waals surface area contributed by atoms with Gasteiger partial charge in [-0.25, -0.2) is 43.9 Å². The van der Waals surface area contributed by atoms with Crippen molar-refractivity contribution in [3.8, 4) is 33.8 Å². The van der Waals surface area contributed by atoms with Gasteiger partial charge in [-0.05, 0) is 130 Å². The Kier molecular flexibility index (Phi) is 19.3. The molecule has 2 aliphatic carbocycles. The molecule has 508 valence electrons. The molecule has 0 spiro atoms. The van der Waals surface area contributed by atoms with Gasteiger partial charge in [0.15, 0.2) is 22.7 Å². The van der Waals surface area contributed by atoms with Crippen LogP contribution in [-0.2, 0) is 25.2 Å². The van der Waals surface area contributed by atoms with Crippen LogP contribution in [0.1, 0.15) is 169 Å². The molecular formula is C78H82N18O4. The second-order valence-electron chi connectivity index (χ2n) is 27.1. The van der Waals surface area contributed by atoms with Crippen LogP contribution in [0.15, 0.2) is 169 Å². The number of benzene rings is 6. The van der Waals surface area contributed by atoms with E-state index in [-0.39, 0.29) is 29.2 Å². The van der Waals surface area contributed by atoms with E-state index >= 15 is 0 Å². The molecule has 0 bridgehead atoms. The minimum atomic E-state index is -0.266. The minimum Gasteiger partial charge on any atom is -0.451 e. The SMILES string of the molecule is CC(C)(C)n1nc(-c2ccc(CNC(=O)c3cc4ccccc4o3)cc2)c2c(N)ncnc21.CC(C)c1ccccc1C(=O)NCc1ccc(-c2nn(C3CCCC3)c3ncnc(N)c23)cc1.Cc1cc(-c2nn(C3CCCC3)c3ncnc(N)c23)ccc1CNC(=O)c1ccccc1C. The summed E-state index contributed by atoms with van der Waals surface area (Å²) >= 11 is 0. The predicted molar refractivity (Wildman–Crippen MR) is 392 cm³/mol. The number of anilines is 3. The molecule has 2 saturated carbocycles. The van der Waals surface area contributed by atoms with Gasteiger partial charge < -0.3 is 37.6 Å². The van der Waals surface area contributed by atoms with Crippen LogP contribution in [-0.4, -0.2) is 77.0 Å². The minimum absolute atomic E-state index is 0.0559. The van der Waals surface area contributed by atoms with Gasteiger partial charge in [0.2, 0.25) is 0 Å². The molecule has 0 unspecified atom stereocenters. The molecule has 7 heterocycles. The molecule has 6 aromatic carbocycles. The van der Waals surface area contributed by atoms with Gasteiger partial charge in [0.1, 0.15) is 59.1 Å². The molecule has 2 fully saturated rings. The highest BCUT2D eigenvalue weighted by molar-refractivity contribution is 6.01. The van der Waals surface area contributed by atoms with Crippen molar-refractivity contribution in [1.82, 2.24) is 75.2 Å². The third kappa shape index (κ3) is 14.1. The van der Waals surface area contributed by atoms with Gasteiger partial charge in [0.25, 0.3) is 17.7 Å². The van der Waals surface area contributed by atoms with Crippen molar-refractivity contribution in [2.75, 3.05) is 17.2 Å². The standard InChI is InChI=1S/C27H30N6O.C26H28N6O.C25H24N6O2/c1-17(2)21-9-5-6-10-22(21)27(34)29-15-18-11-13-19(14-12-18)24-23-25(28)30-16-31-26(23)33(32-24)20-7-3-4-8-20;1-16-7-3-6-10-21(16)26(33)28-14-19-12-11-18(13-17(19)2)23-22-24(27)29-15-30-25(22)32(31-23)20-8-4-5-9-20;1-25(2,3)31-23-20(22(26)28-14-29-23)21(30-31)16-10-8-15(9-11-16)13-27-24(32)19-12-17-6-4-5-7-18(17)33-19/h5-6,9-14,16-17,20H,3-4,7-8,15H2,1-2H3,(H,29,34)(H2,28,30,31);3,6-7,10-13,15,20H,4-5,8-9,14H2,1-2H3,(H,28,33)(H2,27,29,30);4-12,14H,13H2,1-3H3,(H,27,32)(H2,26,28,29). The summed E-state index contributed by atoms with van der Waals surface area (Å²) in [4.78, 5) is 63.9. The van der Waals surface area contributed by atoms with Crippen LogP contribution < -0.4 is 33.2 Å². The highest BCUT2D eigenvalue weighted by Crippen LogP contribution is 2.40. The Morgan fingerprint density at radius 2 is 0.960 bits per heavy atom. The van der Waals surface area contributed by atoms with E-state index in [0.29, 0.717) is 71.7 Å². The van der Waals surface area contributed by atoms with Crippen molar-refractivity contribution in [3.05, 3.63) is 215 Å². The molecule has 22 heteroatoms.